The predicted octanol–water partition coefficient (Wildman–Crippen LogP) is 5.35. The monoisotopic (exact) mass is 417 g/mol. The Kier molecular flexibility index (Phi) is 5.66. The Morgan fingerprint density at radius 1 is 1.21 bits per heavy atom. The zero-order valence-corrected chi connectivity index (χ0v) is 17.0. The van der Waals surface area contributed by atoms with Crippen LogP contribution in [0, 0.1) is 18.7 Å². The van der Waals surface area contributed by atoms with E-state index in [1.807, 2.05) is 13.8 Å². The number of hydrogen-bond acceptors (Lipinski definition) is 3. The summed E-state index contributed by atoms with van der Waals surface area (Å²) < 4.78 is 15.5. The average Bonchev–Trinajstić information content (AvgIpc) is 2.93. The fraction of sp³-hybridized carbons (Fsp3) is 0.273. The predicted molar refractivity (Wildman–Crippen MR) is 109 cm³/mol. The van der Waals surface area contributed by atoms with Gasteiger partial charge in [-0.1, -0.05) is 31.9 Å². The fourth-order valence-corrected chi connectivity index (χ4v) is 3.84. The number of aromatic nitrogens is 1. The SMILES string of the molecule is CCC(C)[C@H](C(=O)O)c1c(C)n(C(=O)c2ccc(Cl)cc2)c2cc(F)c(O)cc12. The van der Waals surface area contributed by atoms with E-state index in [0.29, 0.717) is 33.7 Å². The van der Waals surface area contributed by atoms with Crippen molar-refractivity contribution in [2.24, 2.45) is 5.92 Å². The second-order valence-corrected chi connectivity index (χ2v) is 7.61. The van der Waals surface area contributed by atoms with Crippen molar-refractivity contribution in [3.63, 3.8) is 0 Å². The van der Waals surface area contributed by atoms with Crippen molar-refractivity contribution in [1.29, 1.82) is 0 Å². The number of carbonyl (C=O) groups is 2. The molecule has 0 amide bonds. The van der Waals surface area contributed by atoms with Crippen molar-refractivity contribution >= 4 is 34.4 Å². The lowest BCUT2D eigenvalue weighted by atomic mass is 9.84. The summed E-state index contributed by atoms with van der Waals surface area (Å²) in [6.07, 6.45) is 0.599. The second kappa shape index (κ2) is 7.87. The van der Waals surface area contributed by atoms with Crippen molar-refractivity contribution < 1.29 is 24.2 Å². The van der Waals surface area contributed by atoms with Crippen LogP contribution in [0.2, 0.25) is 5.02 Å². The summed E-state index contributed by atoms with van der Waals surface area (Å²) >= 11 is 5.90. The summed E-state index contributed by atoms with van der Waals surface area (Å²) in [4.78, 5) is 25.3. The van der Waals surface area contributed by atoms with E-state index >= 15 is 0 Å². The zero-order chi connectivity index (χ0) is 21.5. The Morgan fingerprint density at radius 2 is 1.83 bits per heavy atom. The molecule has 0 fully saturated rings. The number of benzene rings is 2. The molecule has 2 atom stereocenters. The van der Waals surface area contributed by atoms with Crippen molar-refractivity contribution in [2.45, 2.75) is 33.1 Å². The number of carboxylic acids is 1. The van der Waals surface area contributed by atoms with Crippen LogP contribution in [0.5, 0.6) is 5.75 Å². The highest BCUT2D eigenvalue weighted by molar-refractivity contribution is 6.30. The van der Waals surface area contributed by atoms with Gasteiger partial charge in [0.05, 0.1) is 11.4 Å². The lowest BCUT2D eigenvalue weighted by Gasteiger charge is -2.20. The summed E-state index contributed by atoms with van der Waals surface area (Å²) in [6, 6.07) is 8.50. The molecule has 0 radical (unpaired) electrons. The third kappa shape index (κ3) is 3.60. The molecule has 0 bridgehead atoms. The number of phenols is 1. The molecule has 0 saturated heterocycles. The topological polar surface area (TPSA) is 79.5 Å². The van der Waals surface area contributed by atoms with E-state index < -0.39 is 29.4 Å². The number of carboxylic acid groups (broad SMARTS) is 1. The van der Waals surface area contributed by atoms with Crippen molar-refractivity contribution in [1.82, 2.24) is 4.57 Å². The molecule has 0 aliphatic rings. The molecular weight excluding hydrogens is 397 g/mol. The number of halogens is 2. The van der Waals surface area contributed by atoms with Gasteiger partial charge in [0.1, 0.15) is 0 Å². The normalized spacial score (nSPS) is 13.4. The van der Waals surface area contributed by atoms with Crippen LogP contribution in [0.25, 0.3) is 10.9 Å². The molecule has 2 N–H and O–H groups in total. The highest BCUT2D eigenvalue weighted by Crippen LogP contribution is 2.39. The first kappa shape index (κ1) is 20.9. The van der Waals surface area contributed by atoms with E-state index in [1.165, 1.54) is 10.6 Å². The van der Waals surface area contributed by atoms with Crippen molar-refractivity contribution in [3.8, 4) is 5.75 Å². The number of fused-ring (bicyclic) bond motifs is 1. The lowest BCUT2D eigenvalue weighted by Crippen LogP contribution is -2.21. The van der Waals surface area contributed by atoms with Crippen LogP contribution in [-0.2, 0) is 4.79 Å². The quantitative estimate of drug-likeness (QED) is 0.586. The van der Waals surface area contributed by atoms with E-state index in [2.05, 4.69) is 0 Å². The van der Waals surface area contributed by atoms with E-state index in [1.54, 1.807) is 31.2 Å². The summed E-state index contributed by atoms with van der Waals surface area (Å²) in [5, 5.41) is 20.6. The van der Waals surface area contributed by atoms with Crippen molar-refractivity contribution in [2.75, 3.05) is 0 Å². The van der Waals surface area contributed by atoms with Gasteiger partial charge in [0.25, 0.3) is 5.91 Å². The van der Waals surface area contributed by atoms with E-state index in [0.717, 1.165) is 6.07 Å². The molecule has 5 nitrogen and oxygen atoms in total. The molecule has 152 valence electrons. The first-order valence-corrected chi connectivity index (χ1v) is 9.61. The number of hydrogen-bond donors (Lipinski definition) is 2. The highest BCUT2D eigenvalue weighted by atomic mass is 35.5. The molecule has 1 unspecified atom stereocenters. The number of aliphatic carboxylic acids is 1. The Balaban J connectivity index is 2.35. The van der Waals surface area contributed by atoms with Gasteiger partial charge in [0, 0.05) is 27.7 Å². The lowest BCUT2D eigenvalue weighted by molar-refractivity contribution is -0.140. The number of carbonyl (C=O) groups excluding carboxylic acids is 1. The van der Waals surface area contributed by atoms with Crippen LogP contribution in [0.4, 0.5) is 4.39 Å². The van der Waals surface area contributed by atoms with Crippen LogP contribution < -0.4 is 0 Å². The molecule has 1 aromatic heterocycles. The van der Waals surface area contributed by atoms with E-state index in [9.17, 15) is 24.2 Å². The molecule has 0 aliphatic carbocycles. The highest BCUT2D eigenvalue weighted by Gasteiger charge is 2.33. The minimum atomic E-state index is -1.04. The summed E-state index contributed by atoms with van der Waals surface area (Å²) in [7, 11) is 0. The molecule has 0 saturated carbocycles. The van der Waals surface area contributed by atoms with Crippen LogP contribution in [-0.4, -0.2) is 26.7 Å². The first-order valence-electron chi connectivity index (χ1n) is 9.23. The maximum atomic E-state index is 14.2. The van der Waals surface area contributed by atoms with Gasteiger partial charge in [0.15, 0.2) is 11.6 Å². The number of aromatic hydroxyl groups is 1. The summed E-state index contributed by atoms with van der Waals surface area (Å²) in [5.41, 5.74) is 1.34. The summed E-state index contributed by atoms with van der Waals surface area (Å²) in [6.45, 7) is 5.33. The molecule has 1 heterocycles. The molecular formula is C22H21ClFNO4. The van der Waals surface area contributed by atoms with E-state index in [4.69, 9.17) is 11.6 Å². The Bertz CT molecular complexity index is 1100. The smallest absolute Gasteiger partial charge is 0.311 e. The Morgan fingerprint density at radius 3 is 2.38 bits per heavy atom. The maximum absolute atomic E-state index is 14.2. The standard InChI is InChI=1S/C22H21ClFNO4/c1-4-11(2)19(22(28)29)20-12(3)25(17-10-16(24)18(26)9-15(17)20)21(27)13-5-7-14(23)8-6-13/h5-11,19,26H,4H2,1-3H3,(H,28,29)/t11?,19-/m0/s1. The average molecular weight is 418 g/mol. The van der Waals surface area contributed by atoms with Gasteiger partial charge in [-0.25, -0.2) is 4.39 Å². The molecule has 3 rings (SSSR count). The second-order valence-electron chi connectivity index (χ2n) is 7.17. The van der Waals surface area contributed by atoms with Gasteiger partial charge in [-0.15, -0.1) is 0 Å². The number of phenolic OH excluding ortho intramolecular Hbond substituents is 1. The van der Waals surface area contributed by atoms with Crippen molar-refractivity contribution in [3.05, 3.63) is 64.1 Å². The molecule has 3 aromatic rings. The minimum Gasteiger partial charge on any atom is -0.505 e. The fourth-order valence-electron chi connectivity index (χ4n) is 3.71. The largest absolute Gasteiger partial charge is 0.505 e. The first-order chi connectivity index (χ1) is 13.7. The van der Waals surface area contributed by atoms with Crippen LogP contribution >= 0.6 is 11.6 Å². The van der Waals surface area contributed by atoms with Gasteiger partial charge in [-0.05, 0) is 48.7 Å². The van der Waals surface area contributed by atoms with Gasteiger partial charge < -0.3 is 10.2 Å². The zero-order valence-electron chi connectivity index (χ0n) is 16.2. The summed E-state index contributed by atoms with van der Waals surface area (Å²) in [5.74, 6) is -4.10. The van der Waals surface area contributed by atoms with Gasteiger partial charge in [0.2, 0.25) is 0 Å². The third-order valence-electron chi connectivity index (χ3n) is 5.41. The van der Waals surface area contributed by atoms with Gasteiger partial charge in [-0.3, -0.25) is 14.2 Å². The van der Waals surface area contributed by atoms with Gasteiger partial charge in [-0.2, -0.15) is 0 Å². The molecule has 0 aliphatic heterocycles. The molecule has 2 aromatic carbocycles. The van der Waals surface area contributed by atoms with Crippen LogP contribution in [0.1, 0.15) is 47.8 Å². The Labute approximate surface area is 172 Å². The van der Waals surface area contributed by atoms with Crippen LogP contribution in [0.15, 0.2) is 36.4 Å². The Hall–Kier alpha value is -2.86. The van der Waals surface area contributed by atoms with Gasteiger partial charge >= 0.3 is 5.97 Å². The molecule has 7 heteroatoms. The molecule has 0 spiro atoms. The number of rotatable bonds is 5. The number of nitrogens with zero attached hydrogens (tertiary/aromatic N) is 1. The molecule has 29 heavy (non-hydrogen) atoms. The minimum absolute atomic E-state index is 0.210. The van der Waals surface area contributed by atoms with Crippen LogP contribution in [0.3, 0.4) is 0 Å². The van der Waals surface area contributed by atoms with E-state index in [-0.39, 0.29) is 11.4 Å². The maximum Gasteiger partial charge on any atom is 0.311 e. The third-order valence-corrected chi connectivity index (χ3v) is 5.66.